The molecule has 0 saturated carbocycles. The van der Waals surface area contributed by atoms with Gasteiger partial charge in [0.15, 0.2) is 6.10 Å². The van der Waals surface area contributed by atoms with Crippen molar-refractivity contribution in [3.8, 4) is 0 Å². The summed E-state index contributed by atoms with van der Waals surface area (Å²) >= 11 is 0. The van der Waals surface area contributed by atoms with Crippen LogP contribution < -0.4 is 5.32 Å². The fraction of sp³-hybridized carbons (Fsp3) is 0.778. The second kappa shape index (κ2) is 7.19. The fourth-order valence-corrected chi connectivity index (χ4v) is 0.965. The average molecular weight is 219 g/mol. The van der Waals surface area contributed by atoms with Crippen molar-refractivity contribution in [1.29, 1.82) is 0 Å². The van der Waals surface area contributed by atoms with Crippen LogP contribution in [0.5, 0.6) is 0 Å². The number of carbonyl (C=O) groups excluding carboxylic acids is 1. The molecular formula is C9H17NO5. The van der Waals surface area contributed by atoms with E-state index >= 15 is 0 Å². The Morgan fingerprint density at radius 1 is 1.40 bits per heavy atom. The highest BCUT2D eigenvalue weighted by Crippen LogP contribution is 1.95. The molecule has 0 aliphatic carbocycles. The Morgan fingerprint density at radius 3 is 2.40 bits per heavy atom. The van der Waals surface area contributed by atoms with Crippen LogP contribution in [0.2, 0.25) is 0 Å². The Morgan fingerprint density at radius 2 is 2.00 bits per heavy atom. The zero-order valence-corrected chi connectivity index (χ0v) is 9.15. The Bertz CT molecular complexity index is 219. The highest BCUT2D eigenvalue weighted by Gasteiger charge is 2.19. The van der Waals surface area contributed by atoms with Crippen molar-refractivity contribution in [3.05, 3.63) is 0 Å². The van der Waals surface area contributed by atoms with Gasteiger partial charge in [0.25, 0.3) is 0 Å². The number of amides is 1. The first kappa shape index (κ1) is 13.9. The lowest BCUT2D eigenvalue weighted by Gasteiger charge is -2.14. The van der Waals surface area contributed by atoms with Crippen LogP contribution in [0.4, 0.5) is 0 Å². The Kier molecular flexibility index (Phi) is 6.64. The number of methoxy groups -OCH3 is 2. The molecule has 6 heteroatoms. The van der Waals surface area contributed by atoms with E-state index in [9.17, 15) is 9.59 Å². The number of ether oxygens (including phenoxy) is 2. The van der Waals surface area contributed by atoms with E-state index in [0.29, 0.717) is 6.61 Å². The predicted octanol–water partition coefficient (Wildman–Crippen LogP) is -0.515. The summed E-state index contributed by atoms with van der Waals surface area (Å²) in [5.74, 6) is -1.65. The van der Waals surface area contributed by atoms with Gasteiger partial charge in [-0.2, -0.15) is 0 Å². The van der Waals surface area contributed by atoms with Crippen molar-refractivity contribution in [2.75, 3.05) is 27.4 Å². The molecule has 0 bridgehead atoms. The number of hydrogen-bond acceptors (Lipinski definition) is 4. The molecule has 1 amide bonds. The highest BCUT2D eigenvalue weighted by molar-refractivity contribution is 5.79. The quantitative estimate of drug-likeness (QED) is 0.602. The minimum atomic E-state index is -1.10. The third-order valence-corrected chi connectivity index (χ3v) is 1.89. The first-order valence-corrected chi connectivity index (χ1v) is 4.55. The summed E-state index contributed by atoms with van der Waals surface area (Å²) in [6, 6.07) is 0. The van der Waals surface area contributed by atoms with Crippen LogP contribution in [0, 0.1) is 5.92 Å². The van der Waals surface area contributed by atoms with Crippen LogP contribution in [-0.2, 0) is 19.1 Å². The van der Waals surface area contributed by atoms with Crippen molar-refractivity contribution < 1.29 is 24.2 Å². The molecule has 0 radical (unpaired) electrons. The molecule has 0 aliphatic heterocycles. The zero-order chi connectivity index (χ0) is 11.8. The van der Waals surface area contributed by atoms with Gasteiger partial charge in [-0.1, -0.05) is 6.92 Å². The molecule has 0 aromatic rings. The topological polar surface area (TPSA) is 84.9 Å². The number of aliphatic carboxylic acids is 1. The molecule has 0 saturated heterocycles. The summed E-state index contributed by atoms with van der Waals surface area (Å²) in [6.45, 7) is 1.96. The van der Waals surface area contributed by atoms with E-state index in [4.69, 9.17) is 9.84 Å². The van der Waals surface area contributed by atoms with E-state index in [-0.39, 0.29) is 18.4 Å². The Hall–Kier alpha value is -1.14. The second-order valence-electron chi connectivity index (χ2n) is 3.16. The van der Waals surface area contributed by atoms with Crippen LogP contribution in [-0.4, -0.2) is 50.5 Å². The summed E-state index contributed by atoms with van der Waals surface area (Å²) in [5.41, 5.74) is 0. The Balaban J connectivity index is 3.92. The van der Waals surface area contributed by atoms with Gasteiger partial charge in [-0.25, -0.2) is 4.79 Å². The van der Waals surface area contributed by atoms with Gasteiger partial charge >= 0.3 is 5.97 Å². The van der Waals surface area contributed by atoms with Gasteiger partial charge in [-0.05, 0) is 0 Å². The van der Waals surface area contributed by atoms with Gasteiger partial charge < -0.3 is 19.9 Å². The van der Waals surface area contributed by atoms with Gasteiger partial charge in [0, 0.05) is 14.2 Å². The normalized spacial score (nSPS) is 14.3. The van der Waals surface area contributed by atoms with Gasteiger partial charge in [0.05, 0.1) is 19.1 Å². The van der Waals surface area contributed by atoms with E-state index in [1.165, 1.54) is 14.2 Å². The summed E-state index contributed by atoms with van der Waals surface area (Å²) in [5, 5.41) is 11.1. The first-order valence-electron chi connectivity index (χ1n) is 4.55. The third kappa shape index (κ3) is 5.34. The number of nitrogens with one attached hydrogen (secondary N) is 1. The Labute approximate surface area is 88.6 Å². The SMILES string of the molecule is COCC(C)C(=O)NCC(OC)C(=O)O. The average Bonchev–Trinajstić information content (AvgIpc) is 2.18. The molecule has 88 valence electrons. The largest absolute Gasteiger partial charge is 0.479 e. The lowest BCUT2D eigenvalue weighted by molar-refractivity contribution is -0.148. The van der Waals surface area contributed by atoms with E-state index < -0.39 is 12.1 Å². The third-order valence-electron chi connectivity index (χ3n) is 1.89. The minimum absolute atomic E-state index is 0.0429. The van der Waals surface area contributed by atoms with Crippen molar-refractivity contribution in [1.82, 2.24) is 5.32 Å². The predicted molar refractivity (Wildman–Crippen MR) is 52.5 cm³/mol. The molecule has 2 N–H and O–H groups in total. The molecule has 0 heterocycles. The van der Waals surface area contributed by atoms with Crippen LogP contribution in [0.3, 0.4) is 0 Å². The second-order valence-corrected chi connectivity index (χ2v) is 3.16. The van der Waals surface area contributed by atoms with E-state index in [0.717, 1.165) is 0 Å². The molecule has 0 aromatic carbocycles. The molecule has 15 heavy (non-hydrogen) atoms. The number of hydrogen-bond donors (Lipinski definition) is 2. The summed E-state index contributed by atoms with van der Waals surface area (Å²) in [7, 11) is 2.78. The van der Waals surface area contributed by atoms with Crippen molar-refractivity contribution in [2.24, 2.45) is 5.92 Å². The number of carbonyl (C=O) groups is 2. The van der Waals surface area contributed by atoms with Crippen molar-refractivity contribution >= 4 is 11.9 Å². The number of carboxylic acid groups (broad SMARTS) is 1. The number of rotatable bonds is 7. The maximum atomic E-state index is 11.3. The molecule has 0 spiro atoms. The minimum Gasteiger partial charge on any atom is -0.479 e. The molecule has 2 unspecified atom stereocenters. The lowest BCUT2D eigenvalue weighted by Crippen LogP contribution is -2.40. The molecular weight excluding hydrogens is 202 g/mol. The van der Waals surface area contributed by atoms with Crippen LogP contribution in [0.15, 0.2) is 0 Å². The number of carboxylic acids is 1. The summed E-state index contributed by atoms with van der Waals surface area (Å²) < 4.78 is 9.45. The molecule has 0 aliphatic rings. The van der Waals surface area contributed by atoms with Crippen molar-refractivity contribution in [3.63, 3.8) is 0 Å². The highest BCUT2D eigenvalue weighted by atomic mass is 16.5. The van der Waals surface area contributed by atoms with Crippen LogP contribution in [0.1, 0.15) is 6.92 Å². The van der Waals surface area contributed by atoms with Gasteiger partial charge in [-0.3, -0.25) is 4.79 Å². The smallest absolute Gasteiger partial charge is 0.334 e. The fourth-order valence-electron chi connectivity index (χ4n) is 0.965. The monoisotopic (exact) mass is 219 g/mol. The van der Waals surface area contributed by atoms with Gasteiger partial charge in [0.1, 0.15) is 0 Å². The lowest BCUT2D eigenvalue weighted by atomic mass is 10.2. The molecule has 6 nitrogen and oxygen atoms in total. The summed E-state index contributed by atoms with van der Waals surface area (Å²) in [4.78, 5) is 21.9. The summed E-state index contributed by atoms with van der Waals surface area (Å²) in [6.07, 6.45) is -1.01. The van der Waals surface area contributed by atoms with E-state index in [2.05, 4.69) is 10.1 Å². The molecule has 0 rings (SSSR count). The van der Waals surface area contributed by atoms with Gasteiger partial charge in [0.2, 0.25) is 5.91 Å². The molecule has 0 aromatic heterocycles. The van der Waals surface area contributed by atoms with Gasteiger partial charge in [-0.15, -0.1) is 0 Å². The van der Waals surface area contributed by atoms with Crippen LogP contribution in [0.25, 0.3) is 0 Å². The molecule has 0 fully saturated rings. The van der Waals surface area contributed by atoms with Crippen molar-refractivity contribution in [2.45, 2.75) is 13.0 Å². The maximum absolute atomic E-state index is 11.3. The zero-order valence-electron chi connectivity index (χ0n) is 9.15. The van der Waals surface area contributed by atoms with E-state index in [1.807, 2.05) is 0 Å². The standard InChI is InChI=1S/C9H17NO5/c1-6(5-14-2)8(11)10-4-7(15-3)9(12)13/h6-7H,4-5H2,1-3H3,(H,10,11)(H,12,13). The van der Waals surface area contributed by atoms with E-state index in [1.54, 1.807) is 6.92 Å². The maximum Gasteiger partial charge on any atom is 0.334 e. The van der Waals surface area contributed by atoms with Crippen LogP contribution >= 0.6 is 0 Å². The molecule has 2 atom stereocenters. The first-order chi connectivity index (χ1) is 7.02.